The van der Waals surface area contributed by atoms with E-state index >= 15 is 0 Å². The molecule has 1 aliphatic rings. The molecule has 18 heavy (non-hydrogen) atoms. The number of Topliss-reactive ketones (excluding diaryl/α,β-unsaturated/α-hetero) is 1. The number of hydrogen-bond acceptors (Lipinski definition) is 3. The van der Waals surface area contributed by atoms with Crippen LogP contribution in [0.3, 0.4) is 0 Å². The van der Waals surface area contributed by atoms with Crippen molar-refractivity contribution in [3.63, 3.8) is 0 Å². The Labute approximate surface area is 113 Å². The zero-order valence-electron chi connectivity index (χ0n) is 11.2. The monoisotopic (exact) mass is 269 g/mol. The third kappa shape index (κ3) is 2.19. The molecule has 2 heterocycles. The van der Waals surface area contributed by atoms with Crippen LogP contribution < -0.4 is 5.32 Å². The molecule has 0 radical (unpaired) electrons. The first-order valence-electron chi connectivity index (χ1n) is 6.46. The van der Waals surface area contributed by atoms with E-state index in [0.717, 1.165) is 37.1 Å². The number of halogens is 1. The minimum absolute atomic E-state index is 0.237. The van der Waals surface area contributed by atoms with E-state index in [1.165, 1.54) is 0 Å². The Bertz CT molecular complexity index is 461. The van der Waals surface area contributed by atoms with Crippen molar-refractivity contribution < 1.29 is 4.79 Å². The van der Waals surface area contributed by atoms with Gasteiger partial charge in [-0.25, -0.2) is 0 Å². The molecule has 0 aliphatic carbocycles. The fourth-order valence-corrected chi connectivity index (χ4v) is 2.99. The van der Waals surface area contributed by atoms with Crippen LogP contribution in [-0.2, 0) is 18.3 Å². The average molecular weight is 270 g/mol. The molecule has 1 saturated heterocycles. The van der Waals surface area contributed by atoms with Gasteiger partial charge in [0.2, 0.25) is 0 Å². The maximum Gasteiger partial charge on any atom is 0.157 e. The van der Waals surface area contributed by atoms with Crippen LogP contribution in [0.1, 0.15) is 37.4 Å². The molecule has 100 valence electrons. The molecule has 0 amide bonds. The molecular weight excluding hydrogens is 250 g/mol. The summed E-state index contributed by atoms with van der Waals surface area (Å²) in [6.45, 7) is 4.89. The molecule has 0 spiro atoms. The van der Waals surface area contributed by atoms with Crippen molar-refractivity contribution in [1.82, 2.24) is 15.1 Å². The number of aromatic nitrogens is 2. The van der Waals surface area contributed by atoms with Crippen LogP contribution in [-0.4, -0.2) is 27.6 Å². The van der Waals surface area contributed by atoms with E-state index < -0.39 is 0 Å². The van der Waals surface area contributed by atoms with E-state index in [9.17, 15) is 4.79 Å². The average Bonchev–Trinajstić information content (AvgIpc) is 2.91. The normalized spacial score (nSPS) is 23.6. The van der Waals surface area contributed by atoms with Crippen molar-refractivity contribution in [3.8, 4) is 0 Å². The van der Waals surface area contributed by atoms with Gasteiger partial charge in [-0.05, 0) is 32.7 Å². The van der Waals surface area contributed by atoms with Crippen molar-refractivity contribution in [2.24, 2.45) is 7.05 Å². The van der Waals surface area contributed by atoms with Crippen molar-refractivity contribution in [2.75, 3.05) is 6.54 Å². The van der Waals surface area contributed by atoms with Crippen LogP contribution in [0.4, 0.5) is 0 Å². The zero-order valence-corrected chi connectivity index (χ0v) is 12.0. The maximum atomic E-state index is 12.5. The summed E-state index contributed by atoms with van der Waals surface area (Å²) in [5, 5.41) is 8.19. The number of nitrogens with zero attached hydrogens (tertiary/aromatic N) is 2. The first-order valence-corrected chi connectivity index (χ1v) is 6.84. The Morgan fingerprint density at radius 1 is 1.61 bits per heavy atom. The van der Waals surface area contributed by atoms with E-state index in [1.807, 2.05) is 6.92 Å². The lowest BCUT2D eigenvalue weighted by Crippen LogP contribution is -2.47. The summed E-state index contributed by atoms with van der Waals surface area (Å²) >= 11 is 6.18. The van der Waals surface area contributed by atoms with Crippen molar-refractivity contribution in [2.45, 2.75) is 45.1 Å². The van der Waals surface area contributed by atoms with Crippen molar-refractivity contribution in [1.29, 1.82) is 0 Å². The minimum atomic E-state index is -0.342. The molecule has 1 N–H and O–H groups in total. The topological polar surface area (TPSA) is 46.9 Å². The predicted octanol–water partition coefficient (Wildman–Crippen LogP) is 2.03. The summed E-state index contributed by atoms with van der Waals surface area (Å²) < 4.78 is 1.63. The highest BCUT2D eigenvalue weighted by Crippen LogP contribution is 2.28. The van der Waals surface area contributed by atoms with Gasteiger partial charge in [0.05, 0.1) is 11.2 Å². The van der Waals surface area contributed by atoms with Gasteiger partial charge in [-0.15, -0.1) is 0 Å². The minimum Gasteiger partial charge on any atom is -0.305 e. The van der Waals surface area contributed by atoms with Crippen LogP contribution in [0.5, 0.6) is 0 Å². The molecule has 4 nitrogen and oxygen atoms in total. The van der Waals surface area contributed by atoms with Crippen molar-refractivity contribution >= 4 is 17.4 Å². The molecule has 1 aromatic rings. The Kier molecular flexibility index (Phi) is 3.78. The van der Waals surface area contributed by atoms with Crippen LogP contribution >= 0.6 is 11.6 Å². The van der Waals surface area contributed by atoms with Gasteiger partial charge >= 0.3 is 0 Å². The molecule has 0 saturated carbocycles. The smallest absolute Gasteiger partial charge is 0.157 e. The number of aryl methyl sites for hydroxylation is 2. The van der Waals surface area contributed by atoms with Crippen molar-refractivity contribution in [3.05, 3.63) is 16.4 Å². The second kappa shape index (κ2) is 5.02. The maximum absolute atomic E-state index is 12.5. The number of ketones is 1. The highest BCUT2D eigenvalue weighted by Gasteiger charge is 2.39. The highest BCUT2D eigenvalue weighted by molar-refractivity contribution is 6.30. The lowest BCUT2D eigenvalue weighted by atomic mass is 9.86. The molecule has 0 aromatic carbocycles. The lowest BCUT2D eigenvalue weighted by molar-refractivity contribution is -0.124. The summed E-state index contributed by atoms with van der Waals surface area (Å²) in [7, 11) is 1.80. The summed E-state index contributed by atoms with van der Waals surface area (Å²) in [4.78, 5) is 12.5. The van der Waals surface area contributed by atoms with E-state index in [1.54, 1.807) is 11.7 Å². The largest absolute Gasteiger partial charge is 0.305 e. The van der Waals surface area contributed by atoms with Gasteiger partial charge in [0.15, 0.2) is 5.78 Å². The first kappa shape index (κ1) is 13.6. The molecule has 1 aliphatic heterocycles. The number of nitrogens with one attached hydrogen (secondary N) is 1. The summed E-state index contributed by atoms with van der Waals surface area (Å²) in [6.07, 6.45) is 3.21. The van der Waals surface area contributed by atoms with Gasteiger partial charge in [0.1, 0.15) is 5.15 Å². The Morgan fingerprint density at radius 3 is 2.78 bits per heavy atom. The zero-order chi connectivity index (χ0) is 13.3. The van der Waals surface area contributed by atoms with Crippen LogP contribution in [0.25, 0.3) is 0 Å². The predicted molar refractivity (Wildman–Crippen MR) is 71.9 cm³/mol. The molecule has 5 heteroatoms. The Morgan fingerprint density at radius 2 is 2.33 bits per heavy atom. The molecule has 1 unspecified atom stereocenters. The summed E-state index contributed by atoms with van der Waals surface area (Å²) in [6, 6.07) is 0. The number of rotatable bonds is 4. The Balaban J connectivity index is 2.21. The molecular formula is C13H20ClN3O. The number of carbonyl (C=O) groups is 1. The molecule has 2 rings (SSSR count). The van der Waals surface area contributed by atoms with Gasteiger partial charge in [0.25, 0.3) is 0 Å². The van der Waals surface area contributed by atoms with Gasteiger partial charge < -0.3 is 5.32 Å². The Hall–Kier alpha value is -0.870. The van der Waals surface area contributed by atoms with Gasteiger partial charge in [-0.3, -0.25) is 9.48 Å². The summed E-state index contributed by atoms with van der Waals surface area (Å²) in [5.74, 6) is 0.237. The quantitative estimate of drug-likeness (QED) is 0.910. The third-order valence-electron chi connectivity index (χ3n) is 3.99. The fraction of sp³-hybridized carbons (Fsp3) is 0.692. The highest BCUT2D eigenvalue weighted by atomic mass is 35.5. The molecule has 1 aromatic heterocycles. The number of carbonyl (C=O) groups excluding carboxylic acids is 1. The standard InChI is InChI=1S/C13H20ClN3O/c1-4-13(6-5-7-15-13)11(18)8-10-9(2)16-17(3)12(10)14/h15H,4-8H2,1-3H3. The second-order valence-electron chi connectivity index (χ2n) is 5.04. The SMILES string of the molecule is CCC1(C(=O)Cc2c(C)nn(C)c2Cl)CCCN1. The van der Waals surface area contributed by atoms with Crippen LogP contribution in [0.2, 0.25) is 5.15 Å². The van der Waals surface area contributed by atoms with Crippen LogP contribution in [0, 0.1) is 6.92 Å². The van der Waals surface area contributed by atoms with Gasteiger partial charge in [0, 0.05) is 19.0 Å². The summed E-state index contributed by atoms with van der Waals surface area (Å²) in [5.41, 5.74) is 1.37. The first-order chi connectivity index (χ1) is 8.50. The van der Waals surface area contributed by atoms with Gasteiger partial charge in [-0.1, -0.05) is 18.5 Å². The fourth-order valence-electron chi connectivity index (χ4n) is 2.75. The van der Waals surface area contributed by atoms with E-state index in [4.69, 9.17) is 11.6 Å². The van der Waals surface area contributed by atoms with Gasteiger partial charge in [-0.2, -0.15) is 5.10 Å². The van der Waals surface area contributed by atoms with E-state index in [-0.39, 0.29) is 11.3 Å². The third-order valence-corrected chi connectivity index (χ3v) is 4.46. The number of hydrogen-bond donors (Lipinski definition) is 1. The lowest BCUT2D eigenvalue weighted by Gasteiger charge is -2.26. The van der Waals surface area contributed by atoms with E-state index in [0.29, 0.717) is 11.6 Å². The molecule has 0 bridgehead atoms. The van der Waals surface area contributed by atoms with E-state index in [2.05, 4.69) is 17.3 Å². The molecule has 1 fully saturated rings. The second-order valence-corrected chi connectivity index (χ2v) is 5.40. The molecule has 1 atom stereocenters. The van der Waals surface area contributed by atoms with Crippen LogP contribution in [0.15, 0.2) is 0 Å².